The Bertz CT molecular complexity index is 2800. The average molecular weight is 585 g/mol. The molecule has 214 valence electrons. The maximum absolute atomic E-state index is 2.47. The summed E-state index contributed by atoms with van der Waals surface area (Å²) in [5.74, 6) is 0. The number of aromatic nitrogens is 2. The van der Waals surface area contributed by atoms with Gasteiger partial charge in [0, 0.05) is 32.6 Å². The van der Waals surface area contributed by atoms with Crippen LogP contribution in [0.4, 0.5) is 0 Å². The standard InChI is InChI=1S/C44H28N2/c1-2-13-32(14-3-1)45-40-20-10-9-19-37(40)39-26-29(23-25-42(39)45)30-22-24-38-36-18-8-11-21-41(36)46(43(38)27-30)44-28-31-12-4-5-15-33(31)34-16-6-7-17-35(34)44/h1-28H. The van der Waals surface area contributed by atoms with Crippen molar-refractivity contribution in [2.75, 3.05) is 0 Å². The Morgan fingerprint density at radius 3 is 1.63 bits per heavy atom. The second-order valence-corrected chi connectivity index (χ2v) is 12.2. The Labute approximate surface area is 266 Å². The number of hydrogen-bond donors (Lipinski definition) is 0. The molecular formula is C44H28N2. The fourth-order valence-electron chi connectivity index (χ4n) is 7.64. The Morgan fingerprint density at radius 1 is 0.283 bits per heavy atom. The lowest BCUT2D eigenvalue weighted by molar-refractivity contribution is 1.18. The lowest BCUT2D eigenvalue weighted by Gasteiger charge is -2.15. The zero-order chi connectivity index (χ0) is 30.2. The van der Waals surface area contributed by atoms with Crippen LogP contribution < -0.4 is 0 Å². The van der Waals surface area contributed by atoms with E-state index >= 15 is 0 Å². The second-order valence-electron chi connectivity index (χ2n) is 12.2. The maximum Gasteiger partial charge on any atom is 0.0547 e. The highest BCUT2D eigenvalue weighted by Crippen LogP contribution is 2.40. The lowest BCUT2D eigenvalue weighted by Crippen LogP contribution is -1.96. The van der Waals surface area contributed by atoms with Crippen molar-refractivity contribution >= 4 is 65.2 Å². The molecule has 0 N–H and O–H groups in total. The Balaban J connectivity index is 1.25. The molecule has 0 aliphatic heterocycles. The SMILES string of the molecule is c1ccc(-n2c3ccccc3c3cc(-c4ccc5c6ccccc6n(-c6cc7ccccc7c7ccccc67)c5c4)ccc32)cc1. The molecule has 10 aromatic rings. The lowest BCUT2D eigenvalue weighted by atomic mass is 9.99. The molecule has 0 spiro atoms. The van der Waals surface area contributed by atoms with Crippen LogP contribution in [0.3, 0.4) is 0 Å². The van der Waals surface area contributed by atoms with Crippen LogP contribution >= 0.6 is 0 Å². The Kier molecular flexibility index (Phi) is 5.31. The van der Waals surface area contributed by atoms with Gasteiger partial charge in [-0.1, -0.05) is 121 Å². The molecule has 0 fully saturated rings. The van der Waals surface area contributed by atoms with E-state index in [1.165, 1.54) is 87.7 Å². The van der Waals surface area contributed by atoms with E-state index in [0.717, 1.165) is 0 Å². The first-order valence-electron chi connectivity index (χ1n) is 15.9. The molecule has 46 heavy (non-hydrogen) atoms. The van der Waals surface area contributed by atoms with Crippen LogP contribution in [-0.4, -0.2) is 9.13 Å². The number of rotatable bonds is 3. The molecule has 0 unspecified atom stereocenters. The van der Waals surface area contributed by atoms with Crippen molar-refractivity contribution in [1.29, 1.82) is 0 Å². The third-order valence-corrected chi connectivity index (χ3v) is 9.68. The molecule has 2 aromatic heterocycles. The first kappa shape index (κ1) is 25.2. The number of benzene rings is 8. The highest BCUT2D eigenvalue weighted by Gasteiger charge is 2.17. The van der Waals surface area contributed by atoms with Gasteiger partial charge in [0.15, 0.2) is 0 Å². The van der Waals surface area contributed by atoms with Crippen LogP contribution in [0, 0.1) is 0 Å². The van der Waals surface area contributed by atoms with E-state index < -0.39 is 0 Å². The summed E-state index contributed by atoms with van der Waals surface area (Å²) in [6.07, 6.45) is 0. The van der Waals surface area contributed by atoms with Gasteiger partial charge in [-0.05, 0) is 75.8 Å². The predicted molar refractivity (Wildman–Crippen MR) is 196 cm³/mol. The molecule has 2 nitrogen and oxygen atoms in total. The van der Waals surface area contributed by atoms with Crippen molar-refractivity contribution in [3.8, 4) is 22.5 Å². The maximum atomic E-state index is 2.47. The molecular weight excluding hydrogens is 556 g/mol. The third kappa shape index (κ3) is 3.59. The highest BCUT2D eigenvalue weighted by atomic mass is 15.0. The largest absolute Gasteiger partial charge is 0.309 e. The van der Waals surface area contributed by atoms with Crippen LogP contribution in [0.1, 0.15) is 0 Å². The average Bonchev–Trinajstić information content (AvgIpc) is 3.64. The van der Waals surface area contributed by atoms with E-state index in [9.17, 15) is 0 Å². The number of para-hydroxylation sites is 3. The minimum absolute atomic E-state index is 1.18. The van der Waals surface area contributed by atoms with Gasteiger partial charge >= 0.3 is 0 Å². The monoisotopic (exact) mass is 584 g/mol. The fraction of sp³-hybridized carbons (Fsp3) is 0. The predicted octanol–water partition coefficient (Wildman–Crippen LogP) is 11.9. The summed E-state index contributed by atoms with van der Waals surface area (Å²) in [5, 5.41) is 10.1. The molecule has 2 heterocycles. The van der Waals surface area contributed by atoms with Crippen LogP contribution in [0.15, 0.2) is 170 Å². The molecule has 0 saturated carbocycles. The molecule has 0 bridgehead atoms. The van der Waals surface area contributed by atoms with Gasteiger partial charge in [0.1, 0.15) is 0 Å². The van der Waals surface area contributed by atoms with Crippen molar-refractivity contribution in [1.82, 2.24) is 9.13 Å². The zero-order valence-electron chi connectivity index (χ0n) is 25.1. The molecule has 0 amide bonds. The molecule has 0 aliphatic carbocycles. The summed E-state index contributed by atoms with van der Waals surface area (Å²) in [6, 6.07) is 62.0. The zero-order valence-corrected chi connectivity index (χ0v) is 25.1. The van der Waals surface area contributed by atoms with Crippen LogP contribution in [-0.2, 0) is 0 Å². The van der Waals surface area contributed by atoms with Gasteiger partial charge in [-0.3, -0.25) is 0 Å². The number of nitrogens with zero attached hydrogens (tertiary/aromatic N) is 2. The van der Waals surface area contributed by atoms with Crippen LogP contribution in [0.25, 0.3) is 87.7 Å². The molecule has 0 atom stereocenters. The Morgan fingerprint density at radius 2 is 0.826 bits per heavy atom. The van der Waals surface area contributed by atoms with Gasteiger partial charge in [-0.2, -0.15) is 0 Å². The van der Waals surface area contributed by atoms with Gasteiger partial charge in [0.2, 0.25) is 0 Å². The van der Waals surface area contributed by atoms with Gasteiger partial charge in [-0.25, -0.2) is 0 Å². The van der Waals surface area contributed by atoms with E-state index in [1.54, 1.807) is 0 Å². The van der Waals surface area contributed by atoms with Crippen molar-refractivity contribution in [2.45, 2.75) is 0 Å². The number of hydrogen-bond acceptors (Lipinski definition) is 0. The minimum Gasteiger partial charge on any atom is -0.309 e. The topological polar surface area (TPSA) is 9.86 Å². The second kappa shape index (κ2) is 9.69. The van der Waals surface area contributed by atoms with Gasteiger partial charge in [-0.15, -0.1) is 0 Å². The van der Waals surface area contributed by atoms with Crippen LogP contribution in [0.5, 0.6) is 0 Å². The normalized spacial score (nSPS) is 11.9. The van der Waals surface area contributed by atoms with Gasteiger partial charge in [0.25, 0.3) is 0 Å². The van der Waals surface area contributed by atoms with Crippen molar-refractivity contribution in [2.24, 2.45) is 0 Å². The van der Waals surface area contributed by atoms with E-state index in [2.05, 4.69) is 179 Å². The van der Waals surface area contributed by atoms with Gasteiger partial charge < -0.3 is 9.13 Å². The first-order valence-corrected chi connectivity index (χ1v) is 15.9. The van der Waals surface area contributed by atoms with Crippen molar-refractivity contribution in [3.63, 3.8) is 0 Å². The summed E-state index contributed by atoms with van der Waals surface area (Å²) in [6.45, 7) is 0. The summed E-state index contributed by atoms with van der Waals surface area (Å²) >= 11 is 0. The molecule has 8 aromatic carbocycles. The molecule has 0 aliphatic rings. The molecule has 2 heteroatoms. The summed E-state index contributed by atoms with van der Waals surface area (Å²) < 4.78 is 4.85. The van der Waals surface area contributed by atoms with E-state index in [0.29, 0.717) is 0 Å². The smallest absolute Gasteiger partial charge is 0.0547 e. The minimum atomic E-state index is 1.18. The highest BCUT2D eigenvalue weighted by molar-refractivity contribution is 6.16. The van der Waals surface area contributed by atoms with Crippen LogP contribution in [0.2, 0.25) is 0 Å². The number of fused-ring (bicyclic) bond motifs is 9. The fourth-order valence-corrected chi connectivity index (χ4v) is 7.64. The van der Waals surface area contributed by atoms with E-state index in [-0.39, 0.29) is 0 Å². The summed E-state index contributed by atoms with van der Waals surface area (Å²) in [4.78, 5) is 0. The quantitative estimate of drug-likeness (QED) is 0.183. The molecule has 0 saturated heterocycles. The Hall–Kier alpha value is -6.12. The summed E-state index contributed by atoms with van der Waals surface area (Å²) in [5.41, 5.74) is 9.68. The molecule has 10 rings (SSSR count). The van der Waals surface area contributed by atoms with E-state index in [1.807, 2.05) is 0 Å². The summed E-state index contributed by atoms with van der Waals surface area (Å²) in [7, 11) is 0. The first-order chi connectivity index (χ1) is 22.8. The third-order valence-electron chi connectivity index (χ3n) is 9.68. The van der Waals surface area contributed by atoms with E-state index in [4.69, 9.17) is 0 Å². The van der Waals surface area contributed by atoms with Gasteiger partial charge in [0.05, 0.1) is 27.8 Å². The van der Waals surface area contributed by atoms with Crippen molar-refractivity contribution in [3.05, 3.63) is 170 Å². The molecule has 0 radical (unpaired) electrons. The van der Waals surface area contributed by atoms with Crippen molar-refractivity contribution < 1.29 is 0 Å².